The molecule has 0 unspecified atom stereocenters. The highest BCUT2D eigenvalue weighted by molar-refractivity contribution is 7.71. The zero-order valence-electron chi connectivity index (χ0n) is 15.6. The van der Waals surface area contributed by atoms with Gasteiger partial charge in [-0.05, 0) is 44.1 Å². The summed E-state index contributed by atoms with van der Waals surface area (Å²) in [5, 5.41) is 7.58. The second-order valence-electron chi connectivity index (χ2n) is 7.42. The van der Waals surface area contributed by atoms with Crippen molar-refractivity contribution in [1.82, 2.24) is 24.9 Å². The first kappa shape index (κ1) is 18.3. The summed E-state index contributed by atoms with van der Waals surface area (Å²) in [7, 11) is 0. The van der Waals surface area contributed by atoms with Gasteiger partial charge < -0.3 is 9.73 Å². The maximum absolute atomic E-state index is 11.9. The average molecular weight is 388 g/mol. The van der Waals surface area contributed by atoms with E-state index in [1.54, 1.807) is 4.68 Å². The highest BCUT2D eigenvalue weighted by Gasteiger charge is 2.25. The Morgan fingerprint density at radius 2 is 1.85 bits per heavy atom. The molecule has 7 nitrogen and oxygen atoms in total. The number of carbonyl (C=O) groups excluding carboxylic acids is 1. The topological polar surface area (TPSA) is 66.5 Å². The van der Waals surface area contributed by atoms with E-state index >= 15 is 0 Å². The van der Waals surface area contributed by atoms with E-state index in [-0.39, 0.29) is 5.91 Å². The standard InChI is InChI=1S/C19H25N5O2S/c1-14-2-4-15(5-3-14)18-21-24(19(27)26-18)13-23-10-8-22(9-11-23)12-17(25)20-16-6-7-16/h2-5,16H,6-13H2,1H3,(H,20,25). The van der Waals surface area contributed by atoms with Crippen molar-refractivity contribution in [3.8, 4) is 11.5 Å². The van der Waals surface area contributed by atoms with Crippen molar-refractivity contribution in [2.45, 2.75) is 32.5 Å². The Morgan fingerprint density at radius 3 is 2.52 bits per heavy atom. The number of amides is 1. The molecule has 1 aromatic carbocycles. The lowest BCUT2D eigenvalue weighted by atomic mass is 10.1. The summed E-state index contributed by atoms with van der Waals surface area (Å²) in [6, 6.07) is 8.48. The van der Waals surface area contributed by atoms with E-state index < -0.39 is 0 Å². The number of hydrogen-bond donors (Lipinski definition) is 1. The summed E-state index contributed by atoms with van der Waals surface area (Å²) in [5.74, 6) is 0.697. The molecular weight excluding hydrogens is 362 g/mol. The summed E-state index contributed by atoms with van der Waals surface area (Å²) < 4.78 is 7.41. The van der Waals surface area contributed by atoms with Gasteiger partial charge >= 0.3 is 0 Å². The second kappa shape index (κ2) is 7.92. The van der Waals surface area contributed by atoms with Gasteiger partial charge in [-0.25, -0.2) is 4.68 Å². The normalized spacial score (nSPS) is 18.6. The molecule has 8 heteroatoms. The third kappa shape index (κ3) is 4.82. The second-order valence-corrected chi connectivity index (χ2v) is 7.77. The molecule has 1 amide bonds. The van der Waals surface area contributed by atoms with Crippen molar-refractivity contribution in [2.75, 3.05) is 32.7 Å². The van der Waals surface area contributed by atoms with Crippen LogP contribution in [-0.4, -0.2) is 64.3 Å². The van der Waals surface area contributed by atoms with Crippen molar-refractivity contribution < 1.29 is 9.21 Å². The van der Waals surface area contributed by atoms with Crippen LogP contribution in [0.2, 0.25) is 0 Å². The molecule has 4 rings (SSSR count). The fourth-order valence-electron chi connectivity index (χ4n) is 3.19. The van der Waals surface area contributed by atoms with Gasteiger partial charge in [0.2, 0.25) is 11.8 Å². The lowest BCUT2D eigenvalue weighted by Crippen LogP contribution is -2.49. The van der Waals surface area contributed by atoms with E-state index in [1.807, 2.05) is 31.2 Å². The molecular formula is C19H25N5O2S. The summed E-state index contributed by atoms with van der Waals surface area (Å²) in [5.41, 5.74) is 2.12. The molecule has 1 N–H and O–H groups in total. The molecule has 0 atom stereocenters. The van der Waals surface area contributed by atoms with E-state index in [9.17, 15) is 4.79 Å². The maximum Gasteiger partial charge on any atom is 0.288 e. The number of aromatic nitrogens is 2. The van der Waals surface area contributed by atoms with Crippen LogP contribution >= 0.6 is 12.2 Å². The maximum atomic E-state index is 11.9. The van der Waals surface area contributed by atoms with Crippen LogP contribution in [0.4, 0.5) is 0 Å². The fourth-order valence-corrected chi connectivity index (χ4v) is 3.37. The zero-order chi connectivity index (χ0) is 18.8. The number of carbonyl (C=O) groups is 1. The van der Waals surface area contributed by atoms with E-state index in [2.05, 4.69) is 20.2 Å². The summed E-state index contributed by atoms with van der Waals surface area (Å²) >= 11 is 5.34. The number of rotatable bonds is 6. The molecule has 1 aromatic heterocycles. The first-order valence-electron chi connectivity index (χ1n) is 9.46. The Bertz CT molecular complexity index is 848. The smallest absolute Gasteiger partial charge is 0.288 e. The Labute approximate surface area is 163 Å². The van der Waals surface area contributed by atoms with Crippen LogP contribution in [0.1, 0.15) is 18.4 Å². The molecule has 0 radical (unpaired) electrons. The zero-order valence-corrected chi connectivity index (χ0v) is 16.4. The predicted octanol–water partition coefficient (Wildman–Crippen LogP) is 2.03. The van der Waals surface area contributed by atoms with Crippen LogP contribution < -0.4 is 5.32 Å². The van der Waals surface area contributed by atoms with Gasteiger partial charge in [0.25, 0.3) is 4.84 Å². The lowest BCUT2D eigenvalue weighted by molar-refractivity contribution is -0.122. The third-order valence-corrected chi connectivity index (χ3v) is 5.31. The van der Waals surface area contributed by atoms with E-state index in [0.29, 0.717) is 30.0 Å². The first-order chi connectivity index (χ1) is 13.1. The molecule has 2 aliphatic rings. The quantitative estimate of drug-likeness (QED) is 0.765. The molecule has 27 heavy (non-hydrogen) atoms. The highest BCUT2D eigenvalue weighted by atomic mass is 32.1. The SMILES string of the molecule is Cc1ccc(-c2nn(CN3CCN(CC(=O)NC4CC4)CC3)c(=S)o2)cc1. The van der Waals surface area contributed by atoms with Gasteiger partial charge in [-0.1, -0.05) is 17.7 Å². The van der Waals surface area contributed by atoms with Crippen LogP contribution in [0.3, 0.4) is 0 Å². The number of hydrogen-bond acceptors (Lipinski definition) is 6. The molecule has 2 aromatic rings. The van der Waals surface area contributed by atoms with Gasteiger partial charge in [0.05, 0.1) is 13.2 Å². The number of benzene rings is 1. The van der Waals surface area contributed by atoms with Gasteiger partial charge in [-0.15, -0.1) is 5.10 Å². The molecule has 2 heterocycles. The van der Waals surface area contributed by atoms with Crippen molar-refractivity contribution >= 4 is 18.1 Å². The Balaban J connectivity index is 1.30. The Morgan fingerprint density at radius 1 is 1.19 bits per heavy atom. The van der Waals surface area contributed by atoms with Crippen molar-refractivity contribution in [3.63, 3.8) is 0 Å². The van der Waals surface area contributed by atoms with E-state index in [1.165, 1.54) is 5.56 Å². The minimum atomic E-state index is 0.146. The molecule has 1 aliphatic carbocycles. The molecule has 1 aliphatic heterocycles. The van der Waals surface area contributed by atoms with Crippen LogP contribution in [-0.2, 0) is 11.5 Å². The van der Waals surface area contributed by atoms with Gasteiger partial charge in [-0.2, -0.15) is 0 Å². The molecule has 2 fully saturated rings. The molecule has 144 valence electrons. The van der Waals surface area contributed by atoms with Crippen LogP contribution in [0.15, 0.2) is 28.7 Å². The average Bonchev–Trinajstić information content (AvgIpc) is 3.39. The van der Waals surface area contributed by atoms with Gasteiger partial charge in [0.1, 0.15) is 0 Å². The third-order valence-electron chi connectivity index (χ3n) is 5.01. The first-order valence-corrected chi connectivity index (χ1v) is 9.87. The molecule has 0 spiro atoms. The minimum Gasteiger partial charge on any atom is -0.409 e. The van der Waals surface area contributed by atoms with Crippen LogP contribution in [0.25, 0.3) is 11.5 Å². The minimum absolute atomic E-state index is 0.146. The summed E-state index contributed by atoms with van der Waals surface area (Å²) in [4.78, 5) is 16.8. The predicted molar refractivity (Wildman–Crippen MR) is 105 cm³/mol. The van der Waals surface area contributed by atoms with Crippen molar-refractivity contribution in [3.05, 3.63) is 34.7 Å². The molecule has 1 saturated heterocycles. The largest absolute Gasteiger partial charge is 0.409 e. The lowest BCUT2D eigenvalue weighted by Gasteiger charge is -2.33. The molecule has 0 bridgehead atoms. The number of nitrogens with one attached hydrogen (secondary N) is 1. The number of nitrogens with zero attached hydrogens (tertiary/aromatic N) is 4. The monoisotopic (exact) mass is 387 g/mol. The van der Waals surface area contributed by atoms with E-state index in [4.69, 9.17) is 16.6 Å². The fraction of sp³-hybridized carbons (Fsp3) is 0.526. The Hall–Kier alpha value is -2.03. The highest BCUT2D eigenvalue weighted by Crippen LogP contribution is 2.19. The Kier molecular flexibility index (Phi) is 5.38. The van der Waals surface area contributed by atoms with Gasteiger partial charge in [0, 0.05) is 37.8 Å². The van der Waals surface area contributed by atoms with Crippen LogP contribution in [0, 0.1) is 11.8 Å². The molecule has 1 saturated carbocycles. The van der Waals surface area contributed by atoms with Crippen molar-refractivity contribution in [2.24, 2.45) is 0 Å². The number of aryl methyl sites for hydroxylation is 1. The van der Waals surface area contributed by atoms with E-state index in [0.717, 1.165) is 44.6 Å². The summed E-state index contributed by atoms with van der Waals surface area (Å²) in [6.07, 6.45) is 2.25. The summed E-state index contributed by atoms with van der Waals surface area (Å²) in [6.45, 7) is 6.65. The van der Waals surface area contributed by atoms with Gasteiger partial charge in [-0.3, -0.25) is 14.6 Å². The van der Waals surface area contributed by atoms with Crippen LogP contribution in [0.5, 0.6) is 0 Å². The van der Waals surface area contributed by atoms with Crippen molar-refractivity contribution in [1.29, 1.82) is 0 Å². The number of piperazine rings is 1. The van der Waals surface area contributed by atoms with Gasteiger partial charge in [0.15, 0.2) is 0 Å².